The molecule has 1 N–H and O–H groups in total. The fraction of sp³-hybridized carbons (Fsp3) is 0.211. The smallest absolute Gasteiger partial charge is 0.309 e. The summed E-state index contributed by atoms with van der Waals surface area (Å²) in [6.45, 7) is 2.09. The minimum atomic E-state index is -0.692. The molecule has 2 aromatic rings. The number of carboxylic acids is 1. The van der Waals surface area contributed by atoms with Crippen LogP contribution >= 0.6 is 0 Å². The summed E-state index contributed by atoms with van der Waals surface area (Å²) in [7, 11) is 0. The number of hydrogen-bond acceptors (Lipinski definition) is 2. The van der Waals surface area contributed by atoms with Crippen molar-refractivity contribution in [2.75, 3.05) is 13.1 Å². The van der Waals surface area contributed by atoms with Gasteiger partial charge < -0.3 is 5.11 Å². The molecule has 0 radical (unpaired) electrons. The molecular weight excluding hydrogens is 274 g/mol. The number of benzene rings is 2. The molecule has 1 aliphatic rings. The largest absolute Gasteiger partial charge is 0.481 e. The maximum Gasteiger partial charge on any atom is 0.309 e. The van der Waals surface area contributed by atoms with Gasteiger partial charge in [0.2, 0.25) is 0 Å². The Hall–Kier alpha value is -2.57. The summed E-state index contributed by atoms with van der Waals surface area (Å²) in [4.78, 5) is 12.9. The van der Waals surface area contributed by atoms with Gasteiger partial charge in [-0.15, -0.1) is 0 Å². The summed E-state index contributed by atoms with van der Waals surface area (Å²) in [6.07, 6.45) is 0. The van der Waals surface area contributed by atoms with Gasteiger partial charge in [0, 0.05) is 30.8 Å². The van der Waals surface area contributed by atoms with Gasteiger partial charge in [0.05, 0.1) is 5.92 Å². The normalized spacial score (nSPS) is 14.7. The lowest BCUT2D eigenvalue weighted by Gasteiger charge is -2.36. The second kappa shape index (κ2) is 6.46. The van der Waals surface area contributed by atoms with Crippen LogP contribution in [0.3, 0.4) is 0 Å². The highest BCUT2D eigenvalue weighted by molar-refractivity contribution is 5.71. The highest BCUT2D eigenvalue weighted by Gasteiger charge is 2.31. The molecule has 0 atom stereocenters. The van der Waals surface area contributed by atoms with Crippen molar-refractivity contribution < 1.29 is 9.90 Å². The zero-order valence-electron chi connectivity index (χ0n) is 12.2. The minimum absolute atomic E-state index is 0.198. The Morgan fingerprint density at radius 1 is 1.00 bits per heavy atom. The van der Waals surface area contributed by atoms with Crippen LogP contribution < -0.4 is 0 Å². The zero-order valence-corrected chi connectivity index (χ0v) is 12.2. The van der Waals surface area contributed by atoms with E-state index in [2.05, 4.69) is 28.9 Å². The maximum atomic E-state index is 10.8. The minimum Gasteiger partial charge on any atom is -0.481 e. The van der Waals surface area contributed by atoms with Gasteiger partial charge in [-0.2, -0.15) is 0 Å². The lowest BCUT2D eigenvalue weighted by Crippen LogP contribution is -2.49. The first-order valence-electron chi connectivity index (χ1n) is 7.32. The lowest BCUT2D eigenvalue weighted by molar-refractivity contribution is -0.147. The van der Waals surface area contributed by atoms with Crippen LogP contribution in [0.2, 0.25) is 0 Å². The van der Waals surface area contributed by atoms with E-state index in [1.54, 1.807) is 0 Å². The average molecular weight is 291 g/mol. The van der Waals surface area contributed by atoms with E-state index in [1.807, 2.05) is 42.5 Å². The second-order valence-corrected chi connectivity index (χ2v) is 5.54. The van der Waals surface area contributed by atoms with Crippen LogP contribution in [0.5, 0.6) is 0 Å². The van der Waals surface area contributed by atoms with Crippen LogP contribution in [-0.4, -0.2) is 29.1 Å². The van der Waals surface area contributed by atoms with Gasteiger partial charge in [-0.1, -0.05) is 42.2 Å². The van der Waals surface area contributed by atoms with Crippen molar-refractivity contribution in [3.05, 3.63) is 71.3 Å². The Labute approximate surface area is 130 Å². The summed E-state index contributed by atoms with van der Waals surface area (Å²) in [6, 6.07) is 18.1. The molecule has 1 heterocycles. The van der Waals surface area contributed by atoms with E-state index in [0.29, 0.717) is 13.1 Å². The van der Waals surface area contributed by atoms with Gasteiger partial charge in [-0.3, -0.25) is 9.69 Å². The van der Waals surface area contributed by atoms with E-state index in [0.717, 1.165) is 17.7 Å². The number of rotatable bonds is 3. The predicted molar refractivity (Wildman–Crippen MR) is 85.3 cm³/mol. The van der Waals surface area contributed by atoms with Crippen LogP contribution in [0.15, 0.2) is 54.6 Å². The quantitative estimate of drug-likeness (QED) is 0.884. The molecular formula is C19H17NO2. The van der Waals surface area contributed by atoms with Gasteiger partial charge in [0.25, 0.3) is 0 Å². The Bertz CT molecular complexity index is 705. The highest BCUT2D eigenvalue weighted by atomic mass is 16.4. The molecule has 1 saturated heterocycles. The third-order valence-electron chi connectivity index (χ3n) is 3.79. The molecule has 1 fully saturated rings. The molecule has 3 heteroatoms. The number of hydrogen-bond donors (Lipinski definition) is 1. The molecule has 0 saturated carbocycles. The van der Waals surface area contributed by atoms with Crippen LogP contribution in [0.25, 0.3) is 0 Å². The first-order chi connectivity index (χ1) is 10.7. The van der Waals surface area contributed by atoms with Gasteiger partial charge in [0.15, 0.2) is 0 Å². The first-order valence-corrected chi connectivity index (χ1v) is 7.32. The molecule has 0 aliphatic carbocycles. The van der Waals surface area contributed by atoms with E-state index in [-0.39, 0.29) is 5.92 Å². The van der Waals surface area contributed by atoms with E-state index in [1.165, 1.54) is 5.56 Å². The van der Waals surface area contributed by atoms with Crippen molar-refractivity contribution in [3.8, 4) is 11.8 Å². The van der Waals surface area contributed by atoms with E-state index in [9.17, 15) is 4.79 Å². The molecule has 0 amide bonds. The molecule has 3 rings (SSSR count). The molecule has 22 heavy (non-hydrogen) atoms. The van der Waals surface area contributed by atoms with Crippen LogP contribution in [0.4, 0.5) is 0 Å². The van der Waals surface area contributed by atoms with Crippen molar-refractivity contribution in [1.82, 2.24) is 4.90 Å². The number of carboxylic acid groups (broad SMARTS) is 1. The molecule has 0 aromatic heterocycles. The number of carbonyl (C=O) groups is 1. The van der Waals surface area contributed by atoms with Crippen molar-refractivity contribution in [1.29, 1.82) is 0 Å². The summed E-state index contributed by atoms with van der Waals surface area (Å²) < 4.78 is 0. The van der Waals surface area contributed by atoms with Gasteiger partial charge in [0.1, 0.15) is 0 Å². The fourth-order valence-corrected chi connectivity index (χ4v) is 2.47. The number of aliphatic carboxylic acids is 1. The first kappa shape index (κ1) is 14.4. The van der Waals surface area contributed by atoms with E-state index >= 15 is 0 Å². The van der Waals surface area contributed by atoms with Crippen LogP contribution in [0, 0.1) is 17.8 Å². The zero-order chi connectivity index (χ0) is 15.4. The van der Waals surface area contributed by atoms with Crippen molar-refractivity contribution in [3.63, 3.8) is 0 Å². The van der Waals surface area contributed by atoms with E-state index in [4.69, 9.17) is 5.11 Å². The molecule has 0 bridgehead atoms. The monoisotopic (exact) mass is 291 g/mol. The SMILES string of the molecule is O=C(O)C1CN(Cc2ccc(C#Cc3ccccc3)cc2)C1. The molecule has 0 spiro atoms. The third-order valence-corrected chi connectivity index (χ3v) is 3.79. The summed E-state index contributed by atoms with van der Waals surface area (Å²) >= 11 is 0. The van der Waals surface area contributed by atoms with Gasteiger partial charge in [-0.05, 0) is 29.8 Å². The van der Waals surface area contributed by atoms with Crippen molar-refractivity contribution >= 4 is 5.97 Å². The molecule has 110 valence electrons. The lowest BCUT2D eigenvalue weighted by atomic mass is 9.99. The Morgan fingerprint density at radius 3 is 2.18 bits per heavy atom. The van der Waals surface area contributed by atoms with Crippen LogP contribution in [0.1, 0.15) is 16.7 Å². The standard InChI is InChI=1S/C19H17NO2/c21-19(22)18-13-20(14-18)12-17-10-8-16(9-11-17)7-6-15-4-2-1-3-5-15/h1-5,8-11,18H,12-14H2,(H,21,22). The van der Waals surface area contributed by atoms with Crippen LogP contribution in [-0.2, 0) is 11.3 Å². The average Bonchev–Trinajstić information content (AvgIpc) is 2.50. The molecule has 3 nitrogen and oxygen atoms in total. The fourth-order valence-electron chi connectivity index (χ4n) is 2.47. The molecule has 0 unspecified atom stereocenters. The van der Waals surface area contributed by atoms with Gasteiger partial charge >= 0.3 is 5.97 Å². The number of nitrogens with zero attached hydrogens (tertiary/aromatic N) is 1. The topological polar surface area (TPSA) is 40.5 Å². The number of likely N-dealkylation sites (tertiary alicyclic amines) is 1. The summed E-state index contributed by atoms with van der Waals surface area (Å²) in [5.74, 6) is 5.40. The second-order valence-electron chi connectivity index (χ2n) is 5.54. The third kappa shape index (κ3) is 3.55. The predicted octanol–water partition coefficient (Wildman–Crippen LogP) is 2.60. The van der Waals surface area contributed by atoms with Gasteiger partial charge in [-0.25, -0.2) is 0 Å². The van der Waals surface area contributed by atoms with Crippen molar-refractivity contribution in [2.45, 2.75) is 6.54 Å². The molecule has 2 aromatic carbocycles. The highest BCUT2D eigenvalue weighted by Crippen LogP contribution is 2.18. The Morgan fingerprint density at radius 2 is 1.59 bits per heavy atom. The summed E-state index contributed by atoms with van der Waals surface area (Å²) in [5.41, 5.74) is 3.18. The Kier molecular flexibility index (Phi) is 4.22. The van der Waals surface area contributed by atoms with Crippen molar-refractivity contribution in [2.24, 2.45) is 5.92 Å². The van der Waals surface area contributed by atoms with E-state index < -0.39 is 5.97 Å². The summed E-state index contributed by atoms with van der Waals surface area (Å²) in [5, 5.41) is 8.86. The maximum absolute atomic E-state index is 10.8. The molecule has 1 aliphatic heterocycles. The Balaban J connectivity index is 1.57.